The highest BCUT2D eigenvalue weighted by Crippen LogP contribution is 2.19. The van der Waals surface area contributed by atoms with Gasteiger partial charge in [-0.15, -0.1) is 0 Å². The van der Waals surface area contributed by atoms with Gasteiger partial charge in [-0.1, -0.05) is 12.1 Å². The predicted molar refractivity (Wildman–Crippen MR) is 81.6 cm³/mol. The van der Waals surface area contributed by atoms with Gasteiger partial charge in [-0.2, -0.15) is 0 Å². The number of amides is 1. The first-order valence-electron chi connectivity index (χ1n) is 6.55. The van der Waals surface area contributed by atoms with Gasteiger partial charge in [-0.05, 0) is 43.3 Å². The number of rotatable bonds is 5. The molecule has 0 radical (unpaired) electrons. The van der Waals surface area contributed by atoms with E-state index in [1.54, 1.807) is 13.1 Å². The third-order valence-corrected chi connectivity index (χ3v) is 2.86. The summed E-state index contributed by atoms with van der Waals surface area (Å²) in [6.07, 6.45) is 0. The standard InChI is InChI=1S/C16H18N2O2/c1-3-20-13-10-8-12(9-11-13)18-16(19)14-6-4-5-7-15(14)17-2/h4-11,17H,3H2,1-2H3,(H,18,19). The Morgan fingerprint density at radius 2 is 1.80 bits per heavy atom. The number of anilines is 2. The highest BCUT2D eigenvalue weighted by molar-refractivity contribution is 6.08. The Hall–Kier alpha value is -2.49. The topological polar surface area (TPSA) is 50.4 Å². The molecule has 4 heteroatoms. The van der Waals surface area contributed by atoms with Gasteiger partial charge >= 0.3 is 0 Å². The van der Waals surface area contributed by atoms with Crippen LogP contribution >= 0.6 is 0 Å². The first kappa shape index (κ1) is 13.9. The van der Waals surface area contributed by atoms with Crippen molar-refractivity contribution in [2.24, 2.45) is 0 Å². The average Bonchev–Trinajstić information content (AvgIpc) is 2.49. The van der Waals surface area contributed by atoms with E-state index in [-0.39, 0.29) is 5.91 Å². The number of benzene rings is 2. The zero-order chi connectivity index (χ0) is 14.4. The number of nitrogens with one attached hydrogen (secondary N) is 2. The number of carbonyl (C=O) groups excluding carboxylic acids is 1. The molecule has 20 heavy (non-hydrogen) atoms. The van der Waals surface area contributed by atoms with E-state index in [2.05, 4.69) is 10.6 Å². The normalized spacial score (nSPS) is 9.90. The molecule has 0 saturated carbocycles. The molecule has 0 saturated heterocycles. The lowest BCUT2D eigenvalue weighted by Gasteiger charge is -2.10. The van der Waals surface area contributed by atoms with Gasteiger partial charge in [-0.3, -0.25) is 4.79 Å². The smallest absolute Gasteiger partial charge is 0.257 e. The summed E-state index contributed by atoms with van der Waals surface area (Å²) in [7, 11) is 1.79. The van der Waals surface area contributed by atoms with Crippen LogP contribution in [0, 0.1) is 0 Å². The van der Waals surface area contributed by atoms with Gasteiger partial charge < -0.3 is 15.4 Å². The van der Waals surface area contributed by atoms with Crippen LogP contribution in [0.3, 0.4) is 0 Å². The molecule has 0 atom stereocenters. The average molecular weight is 270 g/mol. The lowest BCUT2D eigenvalue weighted by molar-refractivity contribution is 0.102. The quantitative estimate of drug-likeness (QED) is 0.875. The molecule has 0 aromatic heterocycles. The first-order chi connectivity index (χ1) is 9.74. The van der Waals surface area contributed by atoms with Gasteiger partial charge in [0.15, 0.2) is 0 Å². The molecule has 4 nitrogen and oxygen atoms in total. The van der Waals surface area contributed by atoms with Crippen molar-refractivity contribution >= 4 is 17.3 Å². The summed E-state index contributed by atoms with van der Waals surface area (Å²) in [6, 6.07) is 14.7. The van der Waals surface area contributed by atoms with Crippen molar-refractivity contribution in [3.05, 3.63) is 54.1 Å². The molecule has 2 N–H and O–H groups in total. The molecule has 0 unspecified atom stereocenters. The van der Waals surface area contributed by atoms with Gasteiger partial charge in [0.25, 0.3) is 5.91 Å². The SMILES string of the molecule is CCOc1ccc(NC(=O)c2ccccc2NC)cc1. The van der Waals surface area contributed by atoms with Crippen molar-refractivity contribution < 1.29 is 9.53 Å². The molecule has 0 aliphatic carbocycles. The fourth-order valence-corrected chi connectivity index (χ4v) is 1.90. The maximum Gasteiger partial charge on any atom is 0.257 e. The summed E-state index contributed by atoms with van der Waals surface area (Å²) in [5, 5.41) is 5.88. The second-order valence-electron chi connectivity index (χ2n) is 4.21. The fraction of sp³-hybridized carbons (Fsp3) is 0.188. The summed E-state index contributed by atoms with van der Waals surface area (Å²) in [4.78, 5) is 12.2. The maximum atomic E-state index is 12.2. The Labute approximate surface area is 118 Å². The second-order valence-corrected chi connectivity index (χ2v) is 4.21. The van der Waals surface area contributed by atoms with E-state index >= 15 is 0 Å². The van der Waals surface area contributed by atoms with Crippen LogP contribution in [0.1, 0.15) is 17.3 Å². The van der Waals surface area contributed by atoms with Crippen molar-refractivity contribution in [3.8, 4) is 5.75 Å². The Morgan fingerprint density at radius 1 is 1.10 bits per heavy atom. The van der Waals surface area contributed by atoms with E-state index in [0.717, 1.165) is 17.1 Å². The third kappa shape index (κ3) is 3.29. The van der Waals surface area contributed by atoms with E-state index in [1.165, 1.54) is 0 Å². The predicted octanol–water partition coefficient (Wildman–Crippen LogP) is 3.38. The summed E-state index contributed by atoms with van der Waals surface area (Å²) >= 11 is 0. The molecule has 2 rings (SSSR count). The van der Waals surface area contributed by atoms with E-state index in [9.17, 15) is 4.79 Å². The fourth-order valence-electron chi connectivity index (χ4n) is 1.90. The summed E-state index contributed by atoms with van der Waals surface area (Å²) in [6.45, 7) is 2.56. The van der Waals surface area contributed by atoms with Crippen molar-refractivity contribution in [2.75, 3.05) is 24.3 Å². The lowest BCUT2D eigenvalue weighted by Crippen LogP contribution is -2.13. The Kier molecular flexibility index (Phi) is 4.60. The Bertz CT molecular complexity index is 579. The third-order valence-electron chi connectivity index (χ3n) is 2.86. The molecule has 0 aliphatic heterocycles. The zero-order valence-corrected chi connectivity index (χ0v) is 11.6. The first-order valence-corrected chi connectivity index (χ1v) is 6.55. The van der Waals surface area contributed by atoms with Crippen LogP contribution in [0.5, 0.6) is 5.75 Å². The largest absolute Gasteiger partial charge is 0.494 e. The number of hydrogen-bond donors (Lipinski definition) is 2. The molecule has 0 spiro atoms. The van der Waals surface area contributed by atoms with Crippen LogP contribution in [0.4, 0.5) is 11.4 Å². The van der Waals surface area contributed by atoms with Crippen LogP contribution in [0.2, 0.25) is 0 Å². The van der Waals surface area contributed by atoms with Crippen molar-refractivity contribution in [1.29, 1.82) is 0 Å². The minimum atomic E-state index is -0.140. The minimum absolute atomic E-state index is 0.140. The molecule has 1 amide bonds. The molecule has 0 fully saturated rings. The van der Waals surface area contributed by atoms with E-state index in [0.29, 0.717) is 12.2 Å². The number of carbonyl (C=O) groups is 1. The monoisotopic (exact) mass is 270 g/mol. The summed E-state index contributed by atoms with van der Waals surface area (Å²) < 4.78 is 5.36. The van der Waals surface area contributed by atoms with Crippen molar-refractivity contribution in [2.45, 2.75) is 6.92 Å². The van der Waals surface area contributed by atoms with Gasteiger partial charge in [-0.25, -0.2) is 0 Å². The molecule has 104 valence electrons. The number of para-hydroxylation sites is 1. The van der Waals surface area contributed by atoms with E-state index < -0.39 is 0 Å². The number of hydrogen-bond acceptors (Lipinski definition) is 3. The van der Waals surface area contributed by atoms with Crippen LogP contribution in [0.15, 0.2) is 48.5 Å². The van der Waals surface area contributed by atoms with Crippen LogP contribution < -0.4 is 15.4 Å². The molecule has 0 aliphatic rings. The van der Waals surface area contributed by atoms with Crippen LogP contribution in [-0.2, 0) is 0 Å². The Morgan fingerprint density at radius 3 is 2.45 bits per heavy atom. The zero-order valence-electron chi connectivity index (χ0n) is 11.6. The van der Waals surface area contributed by atoms with Gasteiger partial charge in [0.05, 0.1) is 12.2 Å². The molecular formula is C16H18N2O2. The maximum absolute atomic E-state index is 12.2. The molecular weight excluding hydrogens is 252 g/mol. The van der Waals surface area contributed by atoms with E-state index in [1.807, 2.05) is 49.4 Å². The number of ether oxygens (including phenoxy) is 1. The van der Waals surface area contributed by atoms with Crippen LogP contribution in [-0.4, -0.2) is 19.6 Å². The summed E-state index contributed by atoms with van der Waals surface area (Å²) in [5.41, 5.74) is 2.16. The Balaban J connectivity index is 2.11. The second kappa shape index (κ2) is 6.61. The lowest BCUT2D eigenvalue weighted by atomic mass is 10.1. The highest BCUT2D eigenvalue weighted by Gasteiger charge is 2.10. The van der Waals surface area contributed by atoms with Crippen molar-refractivity contribution in [3.63, 3.8) is 0 Å². The molecule has 0 heterocycles. The molecule has 2 aromatic carbocycles. The van der Waals surface area contributed by atoms with Crippen molar-refractivity contribution in [1.82, 2.24) is 0 Å². The molecule has 0 bridgehead atoms. The van der Waals surface area contributed by atoms with Gasteiger partial charge in [0.2, 0.25) is 0 Å². The highest BCUT2D eigenvalue weighted by atomic mass is 16.5. The van der Waals surface area contributed by atoms with Gasteiger partial charge in [0.1, 0.15) is 5.75 Å². The summed E-state index contributed by atoms with van der Waals surface area (Å²) in [5.74, 6) is 0.653. The molecule has 2 aromatic rings. The van der Waals surface area contributed by atoms with Crippen LogP contribution in [0.25, 0.3) is 0 Å². The van der Waals surface area contributed by atoms with Gasteiger partial charge in [0, 0.05) is 18.4 Å². The van der Waals surface area contributed by atoms with E-state index in [4.69, 9.17) is 4.74 Å². The minimum Gasteiger partial charge on any atom is -0.494 e.